The lowest BCUT2D eigenvalue weighted by Crippen LogP contribution is -2.41. The van der Waals surface area contributed by atoms with Crippen LogP contribution in [0.2, 0.25) is 5.15 Å². The van der Waals surface area contributed by atoms with Crippen molar-refractivity contribution in [3.63, 3.8) is 0 Å². The Bertz CT molecular complexity index is 515. The van der Waals surface area contributed by atoms with Crippen LogP contribution in [0.1, 0.15) is 33.3 Å². The summed E-state index contributed by atoms with van der Waals surface area (Å²) in [7, 11) is -0.558. The molecule has 0 unspecified atom stereocenters. The zero-order valence-electron chi connectivity index (χ0n) is 12.2. The molecule has 1 aliphatic rings. The van der Waals surface area contributed by atoms with Gasteiger partial charge in [0.1, 0.15) is 5.15 Å². The fourth-order valence-electron chi connectivity index (χ4n) is 1.90. The molecular weight excluding hydrogens is 276 g/mol. The van der Waals surface area contributed by atoms with Crippen molar-refractivity contribution >= 4 is 24.8 Å². The molecule has 1 fully saturated rings. The minimum absolute atomic E-state index is 0.142. The smallest absolute Gasteiger partial charge is 0.400 e. The van der Waals surface area contributed by atoms with Crippen LogP contribution in [-0.2, 0) is 9.31 Å². The Balaban J connectivity index is 2.26. The largest absolute Gasteiger partial charge is 0.492 e. The van der Waals surface area contributed by atoms with Crippen molar-refractivity contribution in [2.75, 3.05) is 6.61 Å². The summed E-state index contributed by atoms with van der Waals surface area (Å²) < 4.78 is 11.8. The van der Waals surface area contributed by atoms with Gasteiger partial charge in [-0.05, 0) is 50.9 Å². The Morgan fingerprint density at radius 3 is 2.45 bits per heavy atom. The quantitative estimate of drug-likeness (QED) is 0.688. The third kappa shape index (κ3) is 3.06. The molecule has 0 atom stereocenters. The standard InChI is InChI=1S/C14H19BClNO3/c1-13(2)14(3,4)20-15(19-13)11(9-18)7-10-5-6-17-12(16)8-10/h5-8,18H,9H2,1-4H3. The summed E-state index contributed by atoms with van der Waals surface area (Å²) in [5.41, 5.74) is 0.651. The molecule has 0 bridgehead atoms. The van der Waals surface area contributed by atoms with Crippen molar-refractivity contribution in [1.82, 2.24) is 4.98 Å². The first-order chi connectivity index (χ1) is 9.25. The molecule has 1 saturated heterocycles. The molecule has 0 aromatic carbocycles. The molecule has 1 aromatic heterocycles. The lowest BCUT2D eigenvalue weighted by Gasteiger charge is -2.32. The summed E-state index contributed by atoms with van der Waals surface area (Å²) in [6.45, 7) is 7.77. The molecule has 20 heavy (non-hydrogen) atoms. The minimum atomic E-state index is -0.558. The zero-order chi connectivity index (χ0) is 15.0. The number of hydrogen-bond acceptors (Lipinski definition) is 4. The molecule has 0 amide bonds. The van der Waals surface area contributed by atoms with Gasteiger partial charge in [-0.25, -0.2) is 4.98 Å². The molecule has 2 rings (SSSR count). The maximum Gasteiger partial charge on any atom is 0.492 e. The molecule has 1 N–H and O–H groups in total. The first kappa shape index (κ1) is 15.5. The average Bonchev–Trinajstić information content (AvgIpc) is 2.55. The SMILES string of the molecule is CC1(C)OB(C(=Cc2ccnc(Cl)c2)CO)OC1(C)C. The van der Waals surface area contributed by atoms with E-state index in [1.807, 2.05) is 39.8 Å². The van der Waals surface area contributed by atoms with Gasteiger partial charge in [0.25, 0.3) is 0 Å². The maximum atomic E-state index is 9.58. The molecule has 0 saturated carbocycles. The maximum absolute atomic E-state index is 9.58. The van der Waals surface area contributed by atoms with Crippen LogP contribution in [0.3, 0.4) is 0 Å². The van der Waals surface area contributed by atoms with Gasteiger partial charge in [0.15, 0.2) is 0 Å². The highest BCUT2D eigenvalue weighted by atomic mass is 35.5. The van der Waals surface area contributed by atoms with Gasteiger partial charge in [-0.2, -0.15) is 0 Å². The summed E-state index contributed by atoms with van der Waals surface area (Å²) >= 11 is 5.86. The number of pyridine rings is 1. The number of nitrogens with zero attached hydrogens (tertiary/aromatic N) is 1. The van der Waals surface area contributed by atoms with E-state index in [2.05, 4.69) is 4.98 Å². The molecule has 4 nitrogen and oxygen atoms in total. The van der Waals surface area contributed by atoms with E-state index in [-0.39, 0.29) is 6.61 Å². The highest BCUT2D eigenvalue weighted by Gasteiger charge is 2.52. The highest BCUT2D eigenvalue weighted by molar-refractivity contribution is 6.55. The molecule has 0 spiro atoms. The number of rotatable bonds is 3. The van der Waals surface area contributed by atoms with Gasteiger partial charge in [0.2, 0.25) is 0 Å². The normalized spacial score (nSPS) is 21.3. The summed E-state index contributed by atoms with van der Waals surface area (Å²) in [4.78, 5) is 3.93. The molecule has 0 aliphatic carbocycles. The van der Waals surface area contributed by atoms with Crippen LogP contribution in [0.15, 0.2) is 23.8 Å². The van der Waals surface area contributed by atoms with Gasteiger partial charge in [-0.3, -0.25) is 0 Å². The second-order valence-corrected chi connectivity index (χ2v) is 6.26. The fraction of sp³-hybridized carbons (Fsp3) is 0.500. The Kier molecular flexibility index (Phi) is 4.26. The average molecular weight is 296 g/mol. The van der Waals surface area contributed by atoms with E-state index in [0.29, 0.717) is 10.6 Å². The van der Waals surface area contributed by atoms with Crippen molar-refractivity contribution in [2.24, 2.45) is 0 Å². The van der Waals surface area contributed by atoms with Crippen LogP contribution in [0.4, 0.5) is 0 Å². The van der Waals surface area contributed by atoms with Crippen LogP contribution in [0.5, 0.6) is 0 Å². The van der Waals surface area contributed by atoms with E-state index in [9.17, 15) is 5.11 Å². The van der Waals surface area contributed by atoms with Gasteiger partial charge in [-0.15, -0.1) is 0 Å². The predicted molar refractivity (Wildman–Crippen MR) is 80.4 cm³/mol. The number of aliphatic hydroxyl groups excluding tert-OH is 1. The first-order valence-electron chi connectivity index (χ1n) is 6.54. The number of hydrogen-bond donors (Lipinski definition) is 1. The predicted octanol–water partition coefficient (Wildman–Crippen LogP) is 2.74. The van der Waals surface area contributed by atoms with Crippen LogP contribution < -0.4 is 0 Å². The summed E-state index contributed by atoms with van der Waals surface area (Å²) in [5, 5.41) is 9.99. The lowest BCUT2D eigenvalue weighted by atomic mass is 9.77. The Morgan fingerprint density at radius 1 is 1.35 bits per heavy atom. The molecule has 108 valence electrons. The summed E-state index contributed by atoms with van der Waals surface area (Å²) in [6.07, 6.45) is 3.43. The molecule has 6 heteroatoms. The highest BCUT2D eigenvalue weighted by Crippen LogP contribution is 2.38. The molecule has 1 aromatic rings. The second-order valence-electron chi connectivity index (χ2n) is 5.88. The summed E-state index contributed by atoms with van der Waals surface area (Å²) in [5.74, 6) is 0. The van der Waals surface area contributed by atoms with E-state index >= 15 is 0 Å². The summed E-state index contributed by atoms with van der Waals surface area (Å²) in [6, 6.07) is 3.54. The number of aromatic nitrogens is 1. The number of aliphatic hydroxyl groups is 1. The van der Waals surface area contributed by atoms with Gasteiger partial charge in [0, 0.05) is 6.20 Å². The van der Waals surface area contributed by atoms with E-state index in [1.54, 1.807) is 12.3 Å². The van der Waals surface area contributed by atoms with Crippen LogP contribution in [0.25, 0.3) is 6.08 Å². The first-order valence-corrected chi connectivity index (χ1v) is 6.91. The van der Waals surface area contributed by atoms with E-state index in [4.69, 9.17) is 20.9 Å². The van der Waals surface area contributed by atoms with E-state index in [1.165, 1.54) is 0 Å². The third-order valence-electron chi connectivity index (χ3n) is 3.84. The third-order valence-corrected chi connectivity index (χ3v) is 4.05. The lowest BCUT2D eigenvalue weighted by molar-refractivity contribution is 0.00578. The van der Waals surface area contributed by atoms with Gasteiger partial charge < -0.3 is 14.4 Å². The molecule has 1 aliphatic heterocycles. The molecule has 2 heterocycles. The van der Waals surface area contributed by atoms with Crippen molar-refractivity contribution in [3.05, 3.63) is 34.5 Å². The van der Waals surface area contributed by atoms with Crippen molar-refractivity contribution in [3.8, 4) is 0 Å². The minimum Gasteiger partial charge on any atom is -0.400 e. The van der Waals surface area contributed by atoms with Crippen molar-refractivity contribution in [1.29, 1.82) is 0 Å². The topological polar surface area (TPSA) is 51.6 Å². The van der Waals surface area contributed by atoms with Gasteiger partial charge in [0.05, 0.1) is 17.8 Å². The monoisotopic (exact) mass is 295 g/mol. The van der Waals surface area contributed by atoms with Crippen LogP contribution in [0, 0.1) is 0 Å². The van der Waals surface area contributed by atoms with E-state index in [0.717, 1.165) is 5.56 Å². The van der Waals surface area contributed by atoms with Gasteiger partial charge in [-0.1, -0.05) is 17.7 Å². The zero-order valence-corrected chi connectivity index (χ0v) is 12.9. The molecular formula is C14H19BClNO3. The van der Waals surface area contributed by atoms with E-state index < -0.39 is 18.3 Å². The fourth-order valence-corrected chi connectivity index (χ4v) is 2.09. The second kappa shape index (κ2) is 5.49. The molecule has 0 radical (unpaired) electrons. The Morgan fingerprint density at radius 2 is 1.95 bits per heavy atom. The van der Waals surface area contributed by atoms with Crippen LogP contribution >= 0.6 is 11.6 Å². The Hall–Kier alpha value is -0.875. The Labute approximate surface area is 124 Å². The van der Waals surface area contributed by atoms with Crippen molar-refractivity contribution in [2.45, 2.75) is 38.9 Å². The number of halogens is 1. The van der Waals surface area contributed by atoms with Gasteiger partial charge >= 0.3 is 7.12 Å². The van der Waals surface area contributed by atoms with Crippen LogP contribution in [-0.4, -0.2) is 35.0 Å². The van der Waals surface area contributed by atoms with Crippen molar-refractivity contribution < 1.29 is 14.4 Å².